The van der Waals surface area contributed by atoms with Crippen LogP contribution in [0.15, 0.2) is 23.0 Å². The molecule has 0 unspecified atom stereocenters. The molecule has 3 rings (SSSR count). The van der Waals surface area contributed by atoms with E-state index < -0.39 is 0 Å². The first-order valence-electron chi connectivity index (χ1n) is 6.61. The zero-order valence-corrected chi connectivity index (χ0v) is 10.8. The van der Waals surface area contributed by atoms with Gasteiger partial charge in [0.25, 0.3) is 5.91 Å². The lowest BCUT2D eigenvalue weighted by Crippen LogP contribution is -2.47. The molecule has 1 heterocycles. The minimum atomic E-state index is -0.204. The normalized spacial score (nSPS) is 32.3. The van der Waals surface area contributed by atoms with E-state index in [1.54, 1.807) is 6.07 Å². The van der Waals surface area contributed by atoms with E-state index in [4.69, 9.17) is 9.15 Å². The Kier molecular flexibility index (Phi) is 3.05. The fourth-order valence-electron chi connectivity index (χ4n) is 3.60. The Morgan fingerprint density at radius 1 is 1.37 bits per heavy atom. The number of fused-ring (bicyclic) bond motifs is 2. The number of furan rings is 1. The van der Waals surface area contributed by atoms with Crippen molar-refractivity contribution in [3.63, 3.8) is 0 Å². The van der Waals surface area contributed by atoms with Gasteiger partial charge in [-0.25, -0.2) is 0 Å². The molecule has 0 spiro atoms. The van der Waals surface area contributed by atoms with Gasteiger partial charge < -0.3 is 14.5 Å². The van der Waals surface area contributed by atoms with Crippen molar-refractivity contribution in [2.24, 2.45) is 17.8 Å². The number of methoxy groups -OCH3 is 1. The summed E-state index contributed by atoms with van der Waals surface area (Å²) in [5.41, 5.74) is 0.492. The van der Waals surface area contributed by atoms with Crippen LogP contribution in [0.4, 0.5) is 0 Å². The molecule has 2 aliphatic carbocycles. The van der Waals surface area contributed by atoms with Crippen molar-refractivity contribution in [3.8, 4) is 0 Å². The van der Waals surface area contributed by atoms with E-state index in [2.05, 4.69) is 5.32 Å². The standard InChI is InChI=1S/C14H17NO4/c1-18-14(17)11-8-2-3-9(6-8)12(11)15-13(16)10-4-5-19-7-10/h4-5,7-9,11-12H,2-3,6H2,1H3,(H,15,16)/t8-,9-,11-,12+/m0/s1. The number of hydrogen-bond donors (Lipinski definition) is 1. The summed E-state index contributed by atoms with van der Waals surface area (Å²) >= 11 is 0. The number of hydrogen-bond acceptors (Lipinski definition) is 4. The predicted octanol–water partition coefficient (Wildman–Crippen LogP) is 1.60. The fourth-order valence-corrected chi connectivity index (χ4v) is 3.60. The molecular formula is C14H17NO4. The highest BCUT2D eigenvalue weighted by molar-refractivity contribution is 5.94. The second-order valence-corrected chi connectivity index (χ2v) is 5.39. The zero-order chi connectivity index (χ0) is 13.4. The summed E-state index contributed by atoms with van der Waals surface area (Å²) in [6.45, 7) is 0. The average molecular weight is 263 g/mol. The summed E-state index contributed by atoms with van der Waals surface area (Å²) in [6.07, 6.45) is 6.02. The molecule has 0 radical (unpaired) electrons. The van der Waals surface area contributed by atoms with Gasteiger partial charge in [0.05, 0.1) is 24.9 Å². The van der Waals surface area contributed by atoms with Crippen LogP contribution in [0.5, 0.6) is 0 Å². The summed E-state index contributed by atoms with van der Waals surface area (Å²) in [7, 11) is 1.41. The second-order valence-electron chi connectivity index (χ2n) is 5.39. The van der Waals surface area contributed by atoms with Crippen LogP contribution in [0.3, 0.4) is 0 Å². The van der Waals surface area contributed by atoms with E-state index in [1.807, 2.05) is 0 Å². The number of nitrogens with one attached hydrogen (secondary N) is 1. The lowest BCUT2D eigenvalue weighted by atomic mass is 9.84. The molecule has 2 saturated carbocycles. The molecule has 2 bridgehead atoms. The van der Waals surface area contributed by atoms with Crippen LogP contribution in [0.25, 0.3) is 0 Å². The molecule has 1 aromatic rings. The highest BCUT2D eigenvalue weighted by Gasteiger charge is 2.52. The zero-order valence-electron chi connectivity index (χ0n) is 10.8. The molecule has 1 aromatic heterocycles. The Hall–Kier alpha value is -1.78. The average Bonchev–Trinajstić information content (AvgIpc) is 3.13. The summed E-state index contributed by atoms with van der Waals surface area (Å²) in [5, 5.41) is 2.98. The minimum Gasteiger partial charge on any atom is -0.472 e. The number of carbonyl (C=O) groups excluding carboxylic acids is 2. The Morgan fingerprint density at radius 3 is 2.84 bits per heavy atom. The molecule has 1 amide bonds. The third kappa shape index (κ3) is 2.03. The first-order valence-corrected chi connectivity index (χ1v) is 6.61. The van der Waals surface area contributed by atoms with Crippen molar-refractivity contribution >= 4 is 11.9 Å². The van der Waals surface area contributed by atoms with Crippen molar-refractivity contribution in [2.45, 2.75) is 25.3 Å². The van der Waals surface area contributed by atoms with Crippen molar-refractivity contribution in [3.05, 3.63) is 24.2 Å². The fraction of sp³-hybridized carbons (Fsp3) is 0.571. The predicted molar refractivity (Wildman–Crippen MR) is 66.3 cm³/mol. The largest absolute Gasteiger partial charge is 0.472 e. The summed E-state index contributed by atoms with van der Waals surface area (Å²) < 4.78 is 9.79. The Bertz CT molecular complexity index is 482. The van der Waals surface area contributed by atoms with E-state index in [0.717, 1.165) is 19.3 Å². The van der Waals surface area contributed by atoms with Gasteiger partial charge in [-0.2, -0.15) is 0 Å². The maximum atomic E-state index is 12.1. The molecule has 5 nitrogen and oxygen atoms in total. The summed E-state index contributed by atoms with van der Waals surface area (Å²) in [6, 6.07) is 1.52. The van der Waals surface area contributed by atoms with Crippen molar-refractivity contribution in [1.29, 1.82) is 0 Å². The van der Waals surface area contributed by atoms with Gasteiger partial charge in [-0.1, -0.05) is 0 Å². The quantitative estimate of drug-likeness (QED) is 0.841. The van der Waals surface area contributed by atoms with Gasteiger partial charge in [-0.15, -0.1) is 0 Å². The van der Waals surface area contributed by atoms with E-state index >= 15 is 0 Å². The van der Waals surface area contributed by atoms with Crippen LogP contribution in [0, 0.1) is 17.8 Å². The van der Waals surface area contributed by atoms with Crippen LogP contribution in [-0.2, 0) is 9.53 Å². The third-order valence-corrected chi connectivity index (χ3v) is 4.47. The lowest BCUT2D eigenvalue weighted by molar-refractivity contribution is -0.148. The lowest BCUT2D eigenvalue weighted by Gasteiger charge is -2.29. The van der Waals surface area contributed by atoms with Gasteiger partial charge in [0.15, 0.2) is 0 Å². The van der Waals surface area contributed by atoms with Crippen LogP contribution >= 0.6 is 0 Å². The first kappa shape index (κ1) is 12.3. The monoisotopic (exact) mass is 263 g/mol. The molecule has 0 aliphatic heterocycles. The van der Waals surface area contributed by atoms with E-state index in [-0.39, 0.29) is 23.8 Å². The van der Waals surface area contributed by atoms with E-state index in [1.165, 1.54) is 19.6 Å². The molecule has 5 heteroatoms. The van der Waals surface area contributed by atoms with Crippen molar-refractivity contribution in [1.82, 2.24) is 5.32 Å². The molecule has 19 heavy (non-hydrogen) atoms. The molecule has 102 valence electrons. The molecule has 4 atom stereocenters. The SMILES string of the molecule is COC(=O)[C@H]1[C@H]2CC[C@@H](C2)[C@H]1NC(=O)c1ccoc1. The molecule has 1 N–H and O–H groups in total. The summed E-state index contributed by atoms with van der Waals surface area (Å²) in [4.78, 5) is 24.0. The molecule has 0 saturated heterocycles. The molecule has 0 aromatic carbocycles. The van der Waals surface area contributed by atoms with Crippen LogP contribution in [0.2, 0.25) is 0 Å². The first-order chi connectivity index (χ1) is 9.20. The van der Waals surface area contributed by atoms with Crippen LogP contribution in [0.1, 0.15) is 29.6 Å². The number of ether oxygens (including phenoxy) is 1. The van der Waals surface area contributed by atoms with Gasteiger partial charge in [0, 0.05) is 6.04 Å². The Labute approximate surface area is 111 Å². The minimum absolute atomic E-state index is 0.103. The number of amides is 1. The maximum absolute atomic E-state index is 12.1. The van der Waals surface area contributed by atoms with Gasteiger partial charge >= 0.3 is 5.97 Å². The van der Waals surface area contributed by atoms with Gasteiger partial charge in [-0.05, 0) is 37.2 Å². The topological polar surface area (TPSA) is 68.5 Å². The Morgan fingerprint density at radius 2 is 2.16 bits per heavy atom. The summed E-state index contributed by atoms with van der Waals surface area (Å²) in [5.74, 6) is 0.168. The Balaban J connectivity index is 1.75. The number of carbonyl (C=O) groups is 2. The molecule has 2 fully saturated rings. The van der Waals surface area contributed by atoms with Crippen molar-refractivity contribution < 1.29 is 18.7 Å². The third-order valence-electron chi connectivity index (χ3n) is 4.47. The van der Waals surface area contributed by atoms with E-state index in [0.29, 0.717) is 17.4 Å². The van der Waals surface area contributed by atoms with Gasteiger partial charge in [0.1, 0.15) is 6.26 Å². The van der Waals surface area contributed by atoms with Crippen molar-refractivity contribution in [2.75, 3.05) is 7.11 Å². The highest BCUT2D eigenvalue weighted by Crippen LogP contribution is 2.48. The van der Waals surface area contributed by atoms with Gasteiger partial charge in [0.2, 0.25) is 0 Å². The maximum Gasteiger partial charge on any atom is 0.311 e. The van der Waals surface area contributed by atoms with Crippen LogP contribution in [-0.4, -0.2) is 25.0 Å². The van der Waals surface area contributed by atoms with Crippen LogP contribution < -0.4 is 5.32 Å². The van der Waals surface area contributed by atoms with Gasteiger partial charge in [-0.3, -0.25) is 9.59 Å². The molecular weight excluding hydrogens is 246 g/mol. The molecule has 2 aliphatic rings. The highest BCUT2D eigenvalue weighted by atomic mass is 16.5. The smallest absolute Gasteiger partial charge is 0.311 e. The number of esters is 1. The second kappa shape index (κ2) is 4.72. The number of rotatable bonds is 3. The van der Waals surface area contributed by atoms with E-state index in [9.17, 15) is 9.59 Å².